The molecule has 13 rings (SSSR count). The monoisotopic (exact) mass is 851 g/mol. The van der Waals surface area contributed by atoms with Crippen molar-refractivity contribution in [1.29, 1.82) is 0 Å². The molecule has 3 nitrogen and oxygen atoms in total. The highest BCUT2D eigenvalue weighted by Crippen LogP contribution is 2.42. The van der Waals surface area contributed by atoms with Crippen LogP contribution in [-0.2, 0) is 0 Å². The van der Waals surface area contributed by atoms with Gasteiger partial charge in [-0.15, -0.1) is 0 Å². The molecule has 3 heteroatoms. The Morgan fingerprint density at radius 3 is 1.36 bits per heavy atom. The lowest BCUT2D eigenvalue weighted by molar-refractivity contribution is 1.01. The number of nitrogens with zero attached hydrogens (tertiary/aromatic N) is 3. The van der Waals surface area contributed by atoms with Crippen molar-refractivity contribution in [2.45, 2.75) is 0 Å². The summed E-state index contributed by atoms with van der Waals surface area (Å²) in [5.41, 5.74) is 16.5. The molecule has 0 fully saturated rings. The Labute approximate surface area is 388 Å². The fraction of sp³-hybridized carbons (Fsp3) is 0. The quantitative estimate of drug-likeness (QED) is 0.160. The predicted molar refractivity (Wildman–Crippen MR) is 282 cm³/mol. The molecular weight excluding hydrogens is 811 g/mol. The lowest BCUT2D eigenvalue weighted by Crippen LogP contribution is -2.04. The highest BCUT2D eigenvalue weighted by molar-refractivity contribution is 6.14. The molecular formula is C64H41N3. The minimum Gasteiger partial charge on any atom is -0.278 e. The number of hydrogen-bond acceptors (Lipinski definition) is 2. The van der Waals surface area contributed by atoms with Gasteiger partial charge < -0.3 is 0 Å². The highest BCUT2D eigenvalue weighted by atomic mass is 15.2. The molecule has 13 aromatic rings. The summed E-state index contributed by atoms with van der Waals surface area (Å²) in [4.78, 5) is 11.2. The second kappa shape index (κ2) is 16.0. The molecule has 0 bridgehead atoms. The first-order valence-corrected chi connectivity index (χ1v) is 22.9. The Hall–Kier alpha value is -8.92. The fourth-order valence-corrected chi connectivity index (χ4v) is 9.97. The van der Waals surface area contributed by atoms with E-state index in [9.17, 15) is 0 Å². The van der Waals surface area contributed by atoms with Crippen molar-refractivity contribution in [2.75, 3.05) is 0 Å². The Kier molecular flexibility index (Phi) is 9.17. The molecule has 0 radical (unpaired) electrons. The minimum absolute atomic E-state index is 0.627. The van der Waals surface area contributed by atoms with Crippen molar-refractivity contribution in [3.05, 3.63) is 249 Å². The lowest BCUT2D eigenvalue weighted by atomic mass is 9.90. The van der Waals surface area contributed by atoms with E-state index in [1.165, 1.54) is 49.4 Å². The van der Waals surface area contributed by atoms with Gasteiger partial charge in [0.25, 0.3) is 0 Å². The van der Waals surface area contributed by atoms with Crippen LogP contribution in [-0.4, -0.2) is 14.5 Å². The summed E-state index contributed by atoms with van der Waals surface area (Å²) in [6.45, 7) is 0. The summed E-state index contributed by atoms with van der Waals surface area (Å²) in [7, 11) is 0. The zero-order valence-electron chi connectivity index (χ0n) is 36.5. The average molecular weight is 852 g/mol. The van der Waals surface area contributed by atoms with E-state index in [1.54, 1.807) is 0 Å². The van der Waals surface area contributed by atoms with E-state index in [-0.39, 0.29) is 0 Å². The molecule has 0 N–H and O–H groups in total. The number of fused-ring (bicyclic) bond motifs is 6. The van der Waals surface area contributed by atoms with E-state index in [1.807, 2.05) is 0 Å². The SMILES string of the molecule is c1ccc(-c2ccc(-c3cc4c(-c5ccc(-c6ccccc6)cc5)nc(-n5c6ccc(-c7ccc8ccccc8c7)cc6c6cc7ccccc7cc65)nc4cc3-c3ccccc3)cc2)cc1. The largest absolute Gasteiger partial charge is 0.278 e. The van der Waals surface area contributed by atoms with Gasteiger partial charge in [0.05, 0.1) is 22.2 Å². The van der Waals surface area contributed by atoms with Gasteiger partial charge in [-0.1, -0.05) is 206 Å². The molecule has 312 valence electrons. The summed E-state index contributed by atoms with van der Waals surface area (Å²) < 4.78 is 2.28. The zero-order chi connectivity index (χ0) is 44.3. The third kappa shape index (κ3) is 6.84. The molecule has 0 spiro atoms. The van der Waals surface area contributed by atoms with Crippen molar-refractivity contribution >= 4 is 54.3 Å². The number of aromatic nitrogens is 3. The number of rotatable bonds is 7. The van der Waals surface area contributed by atoms with Gasteiger partial charge in [-0.2, -0.15) is 0 Å². The van der Waals surface area contributed by atoms with Crippen LogP contribution in [0.1, 0.15) is 0 Å². The maximum absolute atomic E-state index is 5.65. The van der Waals surface area contributed by atoms with Crippen LogP contribution in [0, 0.1) is 0 Å². The second-order valence-corrected chi connectivity index (χ2v) is 17.4. The maximum atomic E-state index is 5.65. The van der Waals surface area contributed by atoms with Gasteiger partial charge in [-0.05, 0) is 120 Å². The van der Waals surface area contributed by atoms with E-state index in [0.29, 0.717) is 5.95 Å². The van der Waals surface area contributed by atoms with Crippen LogP contribution in [0.3, 0.4) is 0 Å². The Balaban J connectivity index is 1.07. The number of hydrogen-bond donors (Lipinski definition) is 0. The maximum Gasteiger partial charge on any atom is 0.235 e. The first-order chi connectivity index (χ1) is 33.2. The van der Waals surface area contributed by atoms with Crippen LogP contribution >= 0.6 is 0 Å². The van der Waals surface area contributed by atoms with Gasteiger partial charge in [0.1, 0.15) is 0 Å². The van der Waals surface area contributed by atoms with Gasteiger partial charge in [0, 0.05) is 21.7 Å². The normalized spacial score (nSPS) is 11.6. The van der Waals surface area contributed by atoms with Crippen LogP contribution in [0.15, 0.2) is 249 Å². The van der Waals surface area contributed by atoms with Gasteiger partial charge in [-0.3, -0.25) is 4.57 Å². The smallest absolute Gasteiger partial charge is 0.235 e. The van der Waals surface area contributed by atoms with E-state index in [2.05, 4.69) is 253 Å². The fourth-order valence-electron chi connectivity index (χ4n) is 9.97. The highest BCUT2D eigenvalue weighted by Gasteiger charge is 2.21. The van der Waals surface area contributed by atoms with Crippen molar-refractivity contribution in [1.82, 2.24) is 14.5 Å². The summed E-state index contributed by atoms with van der Waals surface area (Å²) in [6.07, 6.45) is 0. The minimum atomic E-state index is 0.627. The van der Waals surface area contributed by atoms with Crippen molar-refractivity contribution < 1.29 is 0 Å². The third-order valence-corrected chi connectivity index (χ3v) is 13.4. The van der Waals surface area contributed by atoms with Crippen LogP contribution in [0.2, 0.25) is 0 Å². The van der Waals surface area contributed by atoms with E-state index >= 15 is 0 Å². The molecule has 0 aliphatic carbocycles. The van der Waals surface area contributed by atoms with E-state index in [0.717, 1.165) is 71.8 Å². The topological polar surface area (TPSA) is 30.7 Å². The van der Waals surface area contributed by atoms with Crippen molar-refractivity contribution in [3.8, 4) is 72.8 Å². The molecule has 0 atom stereocenters. The number of benzene rings is 11. The van der Waals surface area contributed by atoms with E-state index in [4.69, 9.17) is 9.97 Å². The Bertz CT molecular complexity index is 3990. The van der Waals surface area contributed by atoms with Gasteiger partial charge >= 0.3 is 0 Å². The second-order valence-electron chi connectivity index (χ2n) is 17.4. The molecule has 2 heterocycles. The molecule has 2 aromatic heterocycles. The zero-order valence-corrected chi connectivity index (χ0v) is 36.5. The Morgan fingerprint density at radius 2 is 0.701 bits per heavy atom. The molecule has 0 saturated heterocycles. The molecule has 67 heavy (non-hydrogen) atoms. The average Bonchev–Trinajstić information content (AvgIpc) is 3.72. The van der Waals surface area contributed by atoms with Gasteiger partial charge in [-0.25, -0.2) is 9.97 Å². The van der Waals surface area contributed by atoms with Crippen LogP contribution < -0.4 is 0 Å². The predicted octanol–water partition coefficient (Wildman–Crippen LogP) is 17.0. The molecule has 0 unspecified atom stereocenters. The first-order valence-electron chi connectivity index (χ1n) is 22.9. The Morgan fingerprint density at radius 1 is 0.254 bits per heavy atom. The third-order valence-electron chi connectivity index (χ3n) is 13.4. The standard InChI is InChI=1S/C64H41N3/c1-4-14-42(15-5-1)45-24-29-48(30-25-45)55-40-59-60(41-56(55)47-19-8-3-9-20-47)65-64(66-63(59)49-31-26-46(27-32-49)43-16-6-2-7-17-43)67-61-35-34-54(53-33-28-44-18-10-11-21-50(44)36-53)38-57(61)58-37-51-22-12-13-23-52(51)39-62(58)67/h1-41H. The summed E-state index contributed by atoms with van der Waals surface area (Å²) in [5, 5.41) is 8.13. The van der Waals surface area contributed by atoms with E-state index < -0.39 is 0 Å². The molecule has 0 aliphatic rings. The molecule has 0 aliphatic heterocycles. The first kappa shape index (κ1) is 38.5. The summed E-state index contributed by atoms with van der Waals surface area (Å²) >= 11 is 0. The summed E-state index contributed by atoms with van der Waals surface area (Å²) in [6, 6.07) is 89.6. The summed E-state index contributed by atoms with van der Waals surface area (Å²) in [5.74, 6) is 0.627. The van der Waals surface area contributed by atoms with Crippen molar-refractivity contribution in [2.24, 2.45) is 0 Å². The van der Waals surface area contributed by atoms with Crippen LogP contribution in [0.4, 0.5) is 0 Å². The molecule has 0 amide bonds. The lowest BCUT2D eigenvalue weighted by Gasteiger charge is -2.17. The van der Waals surface area contributed by atoms with Gasteiger partial charge in [0.2, 0.25) is 5.95 Å². The van der Waals surface area contributed by atoms with Crippen LogP contribution in [0.5, 0.6) is 0 Å². The molecule has 11 aromatic carbocycles. The van der Waals surface area contributed by atoms with Crippen molar-refractivity contribution in [3.63, 3.8) is 0 Å². The molecule has 0 saturated carbocycles. The van der Waals surface area contributed by atoms with Gasteiger partial charge in [0.15, 0.2) is 0 Å². The van der Waals surface area contributed by atoms with Crippen LogP contribution in [0.25, 0.3) is 127 Å².